The Hall–Kier alpha value is -2.01. The predicted molar refractivity (Wildman–Crippen MR) is 106 cm³/mol. The summed E-state index contributed by atoms with van der Waals surface area (Å²) in [5.41, 5.74) is 2.71. The summed E-state index contributed by atoms with van der Waals surface area (Å²) in [4.78, 5) is 11.8. The highest BCUT2D eigenvalue weighted by molar-refractivity contribution is 9.10. The van der Waals surface area contributed by atoms with Crippen molar-refractivity contribution >= 4 is 27.6 Å². The Bertz CT molecular complexity index is 801. The quantitative estimate of drug-likeness (QED) is 0.653. The molecule has 1 aliphatic rings. The number of benzene rings is 2. The minimum atomic E-state index is -0.370. The van der Waals surface area contributed by atoms with Gasteiger partial charge in [-0.05, 0) is 42.8 Å². The molecule has 0 aromatic heterocycles. The lowest BCUT2D eigenvalue weighted by Gasteiger charge is -2.46. The Morgan fingerprint density at radius 2 is 1.88 bits per heavy atom. The van der Waals surface area contributed by atoms with E-state index in [4.69, 9.17) is 9.47 Å². The molecule has 0 spiro atoms. The maximum Gasteiger partial charge on any atom is 0.303 e. The molecule has 0 aliphatic carbocycles. The average Bonchev–Trinajstić information content (AvgIpc) is 2.58. The van der Waals surface area contributed by atoms with Crippen molar-refractivity contribution in [2.75, 3.05) is 11.9 Å². The highest BCUT2D eigenvalue weighted by atomic mass is 79.9. The normalized spacial score (nSPS) is 20.7. The van der Waals surface area contributed by atoms with Crippen LogP contribution in [0.4, 0.5) is 5.69 Å². The van der Waals surface area contributed by atoms with E-state index in [-0.39, 0.29) is 23.5 Å². The molecule has 1 heterocycles. The number of hydrogen-bond donors (Lipinski definition) is 1. The maximum absolute atomic E-state index is 11.8. The zero-order valence-corrected chi connectivity index (χ0v) is 17.1. The molecule has 138 valence electrons. The third-order valence-electron chi connectivity index (χ3n) is 4.82. The van der Waals surface area contributed by atoms with Gasteiger partial charge in [-0.3, -0.25) is 4.79 Å². The summed E-state index contributed by atoms with van der Waals surface area (Å²) in [6.07, 6.45) is -0.370. The first-order valence-corrected chi connectivity index (χ1v) is 9.58. The van der Waals surface area contributed by atoms with Gasteiger partial charge in [0.25, 0.3) is 0 Å². The highest BCUT2D eigenvalue weighted by Gasteiger charge is 2.46. The molecule has 26 heavy (non-hydrogen) atoms. The molecular weight excluding hydrogens is 394 g/mol. The van der Waals surface area contributed by atoms with Crippen LogP contribution in [0.1, 0.15) is 51.0 Å². The molecule has 3 rings (SSSR count). The zero-order valence-electron chi connectivity index (χ0n) is 15.5. The van der Waals surface area contributed by atoms with Gasteiger partial charge in [-0.2, -0.15) is 0 Å². The van der Waals surface area contributed by atoms with Crippen molar-refractivity contribution < 1.29 is 14.3 Å². The van der Waals surface area contributed by atoms with E-state index in [0.29, 0.717) is 6.61 Å². The van der Waals surface area contributed by atoms with Crippen molar-refractivity contribution in [3.8, 4) is 5.75 Å². The van der Waals surface area contributed by atoms with Crippen molar-refractivity contribution in [2.24, 2.45) is 5.41 Å². The van der Waals surface area contributed by atoms with E-state index in [2.05, 4.69) is 47.2 Å². The van der Waals surface area contributed by atoms with E-state index in [1.165, 1.54) is 6.92 Å². The van der Waals surface area contributed by atoms with Crippen molar-refractivity contribution in [3.63, 3.8) is 0 Å². The topological polar surface area (TPSA) is 47.6 Å². The fourth-order valence-corrected chi connectivity index (χ4v) is 3.85. The Labute approximate surface area is 163 Å². The van der Waals surface area contributed by atoms with Crippen molar-refractivity contribution in [2.45, 2.75) is 39.8 Å². The van der Waals surface area contributed by atoms with Crippen LogP contribution in [0.15, 0.2) is 46.9 Å². The minimum absolute atomic E-state index is 0.00499. The van der Waals surface area contributed by atoms with Gasteiger partial charge in [0.1, 0.15) is 11.9 Å². The van der Waals surface area contributed by atoms with Crippen LogP contribution in [0, 0.1) is 5.41 Å². The Morgan fingerprint density at radius 1 is 1.19 bits per heavy atom. The molecule has 0 saturated heterocycles. The third-order valence-corrected chi connectivity index (χ3v) is 5.35. The van der Waals surface area contributed by atoms with Gasteiger partial charge in [-0.25, -0.2) is 0 Å². The molecule has 2 aromatic rings. The average molecular weight is 418 g/mol. The van der Waals surface area contributed by atoms with Crippen LogP contribution < -0.4 is 10.1 Å². The standard InChI is InChI=1S/C21H24BrNO3/c1-5-25-16-10-11-18-17(12-16)20(26-13(2)24)21(3,4)19(23-18)14-6-8-15(22)9-7-14/h6-12,19-20,23H,5H2,1-4H3/t19-,20+/m0/s1. The number of anilines is 1. The minimum Gasteiger partial charge on any atom is -0.494 e. The number of halogens is 1. The molecule has 1 N–H and O–H groups in total. The first kappa shape index (κ1) is 18.8. The van der Waals surface area contributed by atoms with Crippen molar-refractivity contribution in [1.29, 1.82) is 0 Å². The fourth-order valence-electron chi connectivity index (χ4n) is 3.59. The summed E-state index contributed by atoms with van der Waals surface area (Å²) in [5, 5.41) is 3.63. The molecule has 0 saturated carbocycles. The molecular formula is C21H24BrNO3. The summed E-state index contributed by atoms with van der Waals surface area (Å²) in [7, 11) is 0. The number of nitrogens with one attached hydrogen (secondary N) is 1. The molecule has 0 fully saturated rings. The highest BCUT2D eigenvalue weighted by Crippen LogP contribution is 2.53. The first-order valence-electron chi connectivity index (χ1n) is 8.79. The molecule has 4 nitrogen and oxygen atoms in total. The lowest BCUT2D eigenvalue weighted by Crippen LogP contribution is -2.40. The largest absolute Gasteiger partial charge is 0.494 e. The molecule has 2 atom stereocenters. The van der Waals surface area contributed by atoms with Crippen LogP contribution in [0.2, 0.25) is 0 Å². The predicted octanol–water partition coefficient (Wildman–Crippen LogP) is 5.65. The molecule has 0 radical (unpaired) electrons. The zero-order chi connectivity index (χ0) is 18.9. The van der Waals surface area contributed by atoms with Gasteiger partial charge < -0.3 is 14.8 Å². The molecule has 2 aromatic carbocycles. The van der Waals surface area contributed by atoms with Crippen molar-refractivity contribution in [1.82, 2.24) is 0 Å². The van der Waals surface area contributed by atoms with Crippen LogP contribution in [0.5, 0.6) is 5.75 Å². The van der Waals surface area contributed by atoms with E-state index in [9.17, 15) is 4.79 Å². The fraction of sp³-hybridized carbons (Fsp3) is 0.381. The van der Waals surface area contributed by atoms with Gasteiger partial charge in [0, 0.05) is 28.1 Å². The second-order valence-electron chi connectivity index (χ2n) is 7.12. The number of rotatable bonds is 4. The second kappa shape index (κ2) is 7.31. The van der Waals surface area contributed by atoms with Crippen LogP contribution in [0.25, 0.3) is 0 Å². The van der Waals surface area contributed by atoms with Crippen LogP contribution in [-0.2, 0) is 9.53 Å². The molecule has 5 heteroatoms. The SMILES string of the molecule is CCOc1ccc2c(c1)[C@@H](OC(C)=O)C(C)(C)[C@H](c1ccc(Br)cc1)N2. The van der Waals surface area contributed by atoms with Crippen LogP contribution in [-0.4, -0.2) is 12.6 Å². The van der Waals surface area contributed by atoms with Gasteiger partial charge in [0.2, 0.25) is 0 Å². The summed E-state index contributed by atoms with van der Waals surface area (Å²) >= 11 is 3.49. The van der Waals surface area contributed by atoms with E-state index < -0.39 is 0 Å². The smallest absolute Gasteiger partial charge is 0.303 e. The van der Waals surface area contributed by atoms with Gasteiger partial charge in [0.05, 0.1) is 12.6 Å². The number of hydrogen-bond acceptors (Lipinski definition) is 4. The Balaban J connectivity index is 2.08. The number of esters is 1. The van der Waals surface area contributed by atoms with Gasteiger partial charge in [-0.1, -0.05) is 41.9 Å². The third kappa shape index (κ3) is 3.58. The lowest BCUT2D eigenvalue weighted by atomic mass is 9.70. The first-order chi connectivity index (χ1) is 12.3. The van der Waals surface area contributed by atoms with E-state index in [0.717, 1.165) is 27.0 Å². The molecule has 0 bridgehead atoms. The lowest BCUT2D eigenvalue weighted by molar-refractivity contribution is -0.154. The van der Waals surface area contributed by atoms with Crippen molar-refractivity contribution in [3.05, 3.63) is 58.1 Å². The molecule has 0 amide bonds. The number of ether oxygens (including phenoxy) is 2. The van der Waals surface area contributed by atoms with E-state index in [1.54, 1.807) is 0 Å². The van der Waals surface area contributed by atoms with Crippen LogP contribution in [0.3, 0.4) is 0 Å². The maximum atomic E-state index is 11.8. The number of fused-ring (bicyclic) bond motifs is 1. The summed E-state index contributed by atoms with van der Waals surface area (Å²) in [6, 6.07) is 14.2. The second-order valence-corrected chi connectivity index (χ2v) is 8.04. The van der Waals surface area contributed by atoms with Gasteiger partial charge >= 0.3 is 5.97 Å². The number of carbonyl (C=O) groups excluding carboxylic acids is 1. The summed E-state index contributed by atoms with van der Waals surface area (Å²) in [6.45, 7) is 8.25. The summed E-state index contributed by atoms with van der Waals surface area (Å²) in [5.74, 6) is 0.496. The van der Waals surface area contributed by atoms with Gasteiger partial charge in [-0.15, -0.1) is 0 Å². The molecule has 1 aliphatic heterocycles. The molecule has 0 unspecified atom stereocenters. The van der Waals surface area contributed by atoms with E-state index >= 15 is 0 Å². The Morgan fingerprint density at radius 3 is 2.50 bits per heavy atom. The number of carbonyl (C=O) groups is 1. The summed E-state index contributed by atoms with van der Waals surface area (Å²) < 4.78 is 12.5. The monoisotopic (exact) mass is 417 g/mol. The van der Waals surface area contributed by atoms with Crippen LogP contribution >= 0.6 is 15.9 Å². The Kier molecular flexibility index (Phi) is 5.28. The van der Waals surface area contributed by atoms with E-state index in [1.807, 2.05) is 37.3 Å². The van der Waals surface area contributed by atoms with Gasteiger partial charge in [0.15, 0.2) is 0 Å².